The van der Waals surface area contributed by atoms with E-state index in [1.807, 2.05) is 45.1 Å². The topological polar surface area (TPSA) is 91.8 Å². The summed E-state index contributed by atoms with van der Waals surface area (Å²) in [5.74, 6) is -0.125. The summed E-state index contributed by atoms with van der Waals surface area (Å²) in [4.78, 5) is 23.9. The van der Waals surface area contributed by atoms with Crippen molar-refractivity contribution in [2.75, 3.05) is 13.1 Å². The van der Waals surface area contributed by atoms with E-state index in [-0.39, 0.29) is 12.0 Å². The van der Waals surface area contributed by atoms with Crippen molar-refractivity contribution in [2.24, 2.45) is 10.5 Å². The van der Waals surface area contributed by atoms with Crippen molar-refractivity contribution in [1.82, 2.24) is 16.1 Å². The van der Waals surface area contributed by atoms with Crippen molar-refractivity contribution in [3.63, 3.8) is 0 Å². The fraction of sp³-hybridized carbons (Fsp3) is 0.480. The van der Waals surface area contributed by atoms with Gasteiger partial charge in [-0.1, -0.05) is 36.4 Å². The summed E-state index contributed by atoms with van der Waals surface area (Å²) in [5.41, 5.74) is 5.61. The first kappa shape index (κ1) is 23.7. The van der Waals surface area contributed by atoms with E-state index in [0.29, 0.717) is 6.54 Å². The van der Waals surface area contributed by atoms with Gasteiger partial charge in [0.25, 0.3) is 5.91 Å². The summed E-state index contributed by atoms with van der Waals surface area (Å²) in [6, 6.07) is 8.29. The van der Waals surface area contributed by atoms with Crippen LogP contribution in [-0.4, -0.2) is 36.4 Å². The van der Waals surface area contributed by atoms with Gasteiger partial charge >= 0.3 is 6.09 Å². The van der Waals surface area contributed by atoms with Crippen LogP contribution < -0.4 is 16.1 Å². The number of alkyl carbamates (subject to hydrolysis) is 1. The molecule has 0 fully saturated rings. The monoisotopic (exact) mass is 438 g/mol. The molecular formula is C25H34N4O3. The van der Waals surface area contributed by atoms with Gasteiger partial charge in [-0.25, -0.2) is 10.2 Å². The molecule has 1 aromatic carbocycles. The number of carbonyl (C=O) groups is 2. The van der Waals surface area contributed by atoms with Crippen LogP contribution in [0.15, 0.2) is 53.2 Å². The zero-order chi connectivity index (χ0) is 23.2. The van der Waals surface area contributed by atoms with Gasteiger partial charge in [-0.3, -0.25) is 4.79 Å². The highest BCUT2D eigenvalue weighted by Crippen LogP contribution is 2.40. The second-order valence-corrected chi connectivity index (χ2v) is 9.46. The number of amides is 2. The van der Waals surface area contributed by atoms with Crippen molar-refractivity contribution >= 4 is 17.7 Å². The lowest BCUT2D eigenvalue weighted by molar-refractivity contribution is -0.118. The van der Waals surface area contributed by atoms with Gasteiger partial charge < -0.3 is 15.4 Å². The standard InChI is InChI=1S/C25H34N4O3/c1-24(2,3)32-23(31)27-15-8-7-14-26-17-18-10-9-11-19(16-18)21-25(4)13-6-5-12-20(25)22(30)29-28-21/h5-6,9-12,16,26H,7-8,13-15,17H2,1-4H3,(H,27,31)(H,29,30). The summed E-state index contributed by atoms with van der Waals surface area (Å²) < 4.78 is 5.22. The molecule has 3 rings (SSSR count). The first-order chi connectivity index (χ1) is 15.2. The second kappa shape index (κ2) is 10.1. The Morgan fingerprint density at radius 1 is 1.25 bits per heavy atom. The number of rotatable bonds is 8. The maximum atomic E-state index is 12.3. The molecule has 1 aromatic rings. The highest BCUT2D eigenvalue weighted by molar-refractivity contribution is 6.15. The Balaban J connectivity index is 1.47. The SMILES string of the molecule is CC(C)(C)OC(=O)NCCCCNCc1cccc(C2=NNC(=O)C3=CC=CCC32C)c1. The summed E-state index contributed by atoms with van der Waals surface area (Å²) in [7, 11) is 0. The molecule has 0 saturated carbocycles. The molecule has 2 amide bonds. The van der Waals surface area contributed by atoms with Gasteiger partial charge in [0.2, 0.25) is 0 Å². The van der Waals surface area contributed by atoms with Gasteiger partial charge in [-0.2, -0.15) is 5.10 Å². The lowest BCUT2D eigenvalue weighted by Gasteiger charge is -2.36. The molecule has 0 spiro atoms. The van der Waals surface area contributed by atoms with E-state index >= 15 is 0 Å². The molecule has 0 saturated heterocycles. The quantitative estimate of drug-likeness (QED) is 0.538. The lowest BCUT2D eigenvalue weighted by Crippen LogP contribution is -2.44. The van der Waals surface area contributed by atoms with E-state index in [1.165, 1.54) is 0 Å². The number of ether oxygens (including phenoxy) is 1. The van der Waals surface area contributed by atoms with E-state index in [0.717, 1.165) is 54.8 Å². The fourth-order valence-corrected chi connectivity index (χ4v) is 3.93. The molecule has 1 unspecified atom stereocenters. The van der Waals surface area contributed by atoms with Crippen molar-refractivity contribution in [3.8, 4) is 0 Å². The number of allylic oxidation sites excluding steroid dienone is 3. The number of fused-ring (bicyclic) bond motifs is 1. The third-order valence-corrected chi connectivity index (χ3v) is 5.53. The fourth-order valence-electron chi connectivity index (χ4n) is 3.93. The average molecular weight is 439 g/mol. The van der Waals surface area contributed by atoms with E-state index in [4.69, 9.17) is 4.74 Å². The summed E-state index contributed by atoms with van der Waals surface area (Å²) in [6.07, 6.45) is 8.12. The minimum atomic E-state index is -0.474. The van der Waals surface area contributed by atoms with Crippen LogP contribution in [0.4, 0.5) is 4.79 Å². The molecule has 3 N–H and O–H groups in total. The number of benzene rings is 1. The van der Waals surface area contributed by atoms with Crippen LogP contribution >= 0.6 is 0 Å². The molecule has 7 nitrogen and oxygen atoms in total. The Labute approximate surface area is 190 Å². The minimum absolute atomic E-state index is 0.125. The highest BCUT2D eigenvalue weighted by atomic mass is 16.6. The van der Waals surface area contributed by atoms with Crippen LogP contribution in [0.1, 0.15) is 58.1 Å². The first-order valence-corrected chi connectivity index (χ1v) is 11.2. The van der Waals surface area contributed by atoms with Gasteiger partial charge in [-0.15, -0.1) is 0 Å². The molecular weight excluding hydrogens is 404 g/mol. The van der Waals surface area contributed by atoms with Crippen LogP contribution in [0.25, 0.3) is 0 Å². The van der Waals surface area contributed by atoms with E-state index < -0.39 is 11.0 Å². The molecule has 1 heterocycles. The third kappa shape index (κ3) is 6.07. The van der Waals surface area contributed by atoms with Crippen LogP contribution in [-0.2, 0) is 16.1 Å². The molecule has 1 aliphatic carbocycles. The maximum Gasteiger partial charge on any atom is 0.407 e. The van der Waals surface area contributed by atoms with Crippen LogP contribution in [0.3, 0.4) is 0 Å². The van der Waals surface area contributed by atoms with Crippen LogP contribution in [0.5, 0.6) is 0 Å². The number of carbonyl (C=O) groups excluding carboxylic acids is 2. The molecule has 2 aliphatic rings. The molecule has 32 heavy (non-hydrogen) atoms. The number of hydrogen-bond acceptors (Lipinski definition) is 5. The Morgan fingerprint density at radius 2 is 2.03 bits per heavy atom. The molecule has 0 aromatic heterocycles. The highest BCUT2D eigenvalue weighted by Gasteiger charge is 2.42. The number of nitrogens with zero attached hydrogens (tertiary/aromatic N) is 1. The Kier molecular flexibility index (Phi) is 7.51. The summed E-state index contributed by atoms with van der Waals surface area (Å²) in [6.45, 7) is 9.83. The van der Waals surface area contributed by atoms with Gasteiger partial charge in [0.1, 0.15) is 5.60 Å². The third-order valence-electron chi connectivity index (χ3n) is 5.53. The van der Waals surface area contributed by atoms with E-state index in [2.05, 4.69) is 46.3 Å². The van der Waals surface area contributed by atoms with Crippen molar-refractivity contribution in [2.45, 2.75) is 59.1 Å². The maximum absolute atomic E-state index is 12.3. The minimum Gasteiger partial charge on any atom is -0.444 e. The average Bonchev–Trinajstić information content (AvgIpc) is 2.72. The molecule has 7 heteroatoms. The zero-order valence-corrected chi connectivity index (χ0v) is 19.5. The lowest BCUT2D eigenvalue weighted by atomic mass is 9.69. The Hall–Kier alpha value is -2.93. The van der Waals surface area contributed by atoms with Gasteiger partial charge in [0.15, 0.2) is 0 Å². The number of hydrogen-bond donors (Lipinski definition) is 3. The zero-order valence-electron chi connectivity index (χ0n) is 19.5. The second-order valence-electron chi connectivity index (χ2n) is 9.46. The van der Waals surface area contributed by atoms with Crippen molar-refractivity contribution < 1.29 is 14.3 Å². The number of nitrogens with one attached hydrogen (secondary N) is 3. The normalized spacial score (nSPS) is 20.1. The van der Waals surface area contributed by atoms with Gasteiger partial charge in [-0.05, 0) is 70.7 Å². The summed E-state index contributed by atoms with van der Waals surface area (Å²) in [5, 5.41) is 10.7. The smallest absolute Gasteiger partial charge is 0.407 e. The Bertz CT molecular complexity index is 943. The molecule has 172 valence electrons. The van der Waals surface area contributed by atoms with E-state index in [1.54, 1.807) is 0 Å². The molecule has 0 radical (unpaired) electrons. The van der Waals surface area contributed by atoms with Crippen LogP contribution in [0.2, 0.25) is 0 Å². The predicted octanol–water partition coefficient (Wildman–Crippen LogP) is 3.81. The van der Waals surface area contributed by atoms with Gasteiger partial charge in [0.05, 0.1) is 5.71 Å². The van der Waals surface area contributed by atoms with Crippen LogP contribution in [0, 0.1) is 5.41 Å². The van der Waals surface area contributed by atoms with Crippen molar-refractivity contribution in [3.05, 3.63) is 59.2 Å². The first-order valence-electron chi connectivity index (χ1n) is 11.2. The predicted molar refractivity (Wildman–Crippen MR) is 126 cm³/mol. The molecule has 1 atom stereocenters. The van der Waals surface area contributed by atoms with Crippen molar-refractivity contribution in [1.29, 1.82) is 0 Å². The molecule has 0 bridgehead atoms. The number of hydrazone groups is 1. The van der Waals surface area contributed by atoms with E-state index in [9.17, 15) is 9.59 Å². The Morgan fingerprint density at radius 3 is 2.81 bits per heavy atom. The largest absolute Gasteiger partial charge is 0.444 e. The number of unbranched alkanes of at least 4 members (excludes halogenated alkanes) is 1. The van der Waals surface area contributed by atoms with Gasteiger partial charge in [0, 0.05) is 24.1 Å². The molecule has 1 aliphatic heterocycles. The summed E-state index contributed by atoms with van der Waals surface area (Å²) >= 11 is 0.